The number of hydrogen-bond donors (Lipinski definition) is 0. The Balaban J connectivity index is 1.98. The van der Waals surface area contributed by atoms with Crippen LogP contribution in [0.2, 0.25) is 10.0 Å². The maximum absolute atomic E-state index is 12.8. The summed E-state index contributed by atoms with van der Waals surface area (Å²) in [5, 5.41) is 0.987. The molecule has 0 fully saturated rings. The summed E-state index contributed by atoms with van der Waals surface area (Å²) in [4.78, 5) is 17.6. The molecular weight excluding hydrogens is 489 g/mol. The second kappa shape index (κ2) is 10.1. The maximum atomic E-state index is 12.8. The van der Waals surface area contributed by atoms with Gasteiger partial charge in [-0.2, -0.15) is 9.30 Å². The number of amides is 1. The topological polar surface area (TPSA) is 71.7 Å². The molecule has 0 spiro atoms. The van der Waals surface area contributed by atoms with Crippen LogP contribution in [0.15, 0.2) is 71.6 Å². The molecule has 0 aliphatic carbocycles. The van der Waals surface area contributed by atoms with Crippen LogP contribution >= 0.6 is 34.5 Å². The lowest BCUT2D eigenvalue weighted by molar-refractivity contribution is 0.0997. The van der Waals surface area contributed by atoms with Gasteiger partial charge in [0.05, 0.1) is 20.1 Å². The van der Waals surface area contributed by atoms with Crippen molar-refractivity contribution < 1.29 is 13.2 Å². The summed E-state index contributed by atoms with van der Waals surface area (Å²) in [6.45, 7) is 9.98. The molecule has 6 nitrogen and oxygen atoms in total. The van der Waals surface area contributed by atoms with Crippen LogP contribution in [0.5, 0.6) is 0 Å². The first-order valence-corrected chi connectivity index (χ1v) is 12.6. The summed E-state index contributed by atoms with van der Waals surface area (Å²) in [7, 11) is -3.74. The molecule has 1 heterocycles. The van der Waals surface area contributed by atoms with E-state index >= 15 is 0 Å². The van der Waals surface area contributed by atoms with Crippen LogP contribution in [0.3, 0.4) is 0 Å². The van der Waals surface area contributed by atoms with Gasteiger partial charge in [0.25, 0.3) is 5.91 Å². The largest absolute Gasteiger partial charge is 0.315 e. The van der Waals surface area contributed by atoms with Crippen LogP contribution < -0.4 is 4.80 Å². The predicted molar refractivity (Wildman–Crippen MR) is 131 cm³/mol. The molecule has 0 aliphatic heterocycles. The lowest BCUT2D eigenvalue weighted by Crippen LogP contribution is -2.31. The van der Waals surface area contributed by atoms with Crippen LogP contribution in [-0.2, 0) is 16.6 Å². The number of aromatic nitrogens is 1. The number of fused-ring (bicyclic) bond motifs is 1. The van der Waals surface area contributed by atoms with Crippen molar-refractivity contribution in [3.05, 3.63) is 82.1 Å². The second-order valence-electron chi connectivity index (χ2n) is 6.70. The average molecular weight is 510 g/mol. The van der Waals surface area contributed by atoms with Gasteiger partial charge in [-0.05, 0) is 43.3 Å². The Kier molecular flexibility index (Phi) is 7.74. The molecule has 3 rings (SSSR count). The molecule has 0 radical (unpaired) electrons. The van der Waals surface area contributed by atoms with Crippen molar-refractivity contribution in [3.63, 3.8) is 0 Å². The number of aryl methyl sites for hydroxylation is 1. The Morgan fingerprint density at radius 2 is 1.78 bits per heavy atom. The number of nitrogens with zero attached hydrogens (tertiary/aromatic N) is 3. The van der Waals surface area contributed by atoms with E-state index in [-0.39, 0.29) is 23.5 Å². The number of rotatable bonds is 8. The van der Waals surface area contributed by atoms with Crippen molar-refractivity contribution in [1.29, 1.82) is 0 Å². The van der Waals surface area contributed by atoms with Crippen LogP contribution in [-0.4, -0.2) is 36.3 Å². The molecule has 0 unspecified atom stereocenters. The van der Waals surface area contributed by atoms with E-state index in [2.05, 4.69) is 18.2 Å². The number of carbonyl (C=O) groups is 1. The standard InChI is InChI=1S/C22H21Cl2N3O3S2/c1-4-11-26(12-5-2)32(29,30)17-9-7-15(8-10-17)21(28)25-22-27(6-3)20-18(24)13-16(23)14-19(20)31-22/h4-5,7-10,13-14H,1-2,6,11-12H2,3H3. The summed E-state index contributed by atoms with van der Waals surface area (Å²) in [6.07, 6.45) is 3.01. The number of carbonyl (C=O) groups excluding carboxylic acids is 1. The summed E-state index contributed by atoms with van der Waals surface area (Å²) >= 11 is 13.7. The van der Waals surface area contributed by atoms with Crippen molar-refractivity contribution in [3.8, 4) is 0 Å². The van der Waals surface area contributed by atoms with E-state index in [0.717, 1.165) is 10.2 Å². The molecule has 0 atom stereocenters. The van der Waals surface area contributed by atoms with Crippen molar-refractivity contribution in [1.82, 2.24) is 8.87 Å². The Morgan fingerprint density at radius 1 is 1.16 bits per heavy atom. The first-order valence-electron chi connectivity index (χ1n) is 9.62. The van der Waals surface area contributed by atoms with E-state index in [1.807, 2.05) is 11.5 Å². The minimum atomic E-state index is -3.74. The monoisotopic (exact) mass is 509 g/mol. The minimum absolute atomic E-state index is 0.0738. The van der Waals surface area contributed by atoms with Gasteiger partial charge in [0.1, 0.15) is 0 Å². The summed E-state index contributed by atoms with van der Waals surface area (Å²) in [5.74, 6) is -0.487. The number of benzene rings is 2. The Hall–Kier alpha value is -2.23. The van der Waals surface area contributed by atoms with Crippen LogP contribution in [0.25, 0.3) is 10.2 Å². The molecular formula is C22H21Cl2N3O3S2. The van der Waals surface area contributed by atoms with Gasteiger partial charge in [0, 0.05) is 30.2 Å². The molecule has 32 heavy (non-hydrogen) atoms. The Morgan fingerprint density at radius 3 is 2.34 bits per heavy atom. The molecule has 0 aliphatic rings. The fourth-order valence-corrected chi connectivity index (χ4v) is 6.39. The molecule has 2 aromatic carbocycles. The van der Waals surface area contributed by atoms with Gasteiger partial charge < -0.3 is 4.57 Å². The van der Waals surface area contributed by atoms with Crippen LogP contribution in [0.1, 0.15) is 17.3 Å². The number of hydrogen-bond acceptors (Lipinski definition) is 4. The molecule has 3 aromatic rings. The Labute approximate surface area is 200 Å². The summed E-state index contributed by atoms with van der Waals surface area (Å²) in [6, 6.07) is 9.12. The van der Waals surface area contributed by atoms with Gasteiger partial charge in [-0.15, -0.1) is 13.2 Å². The van der Waals surface area contributed by atoms with Gasteiger partial charge in [0.2, 0.25) is 10.0 Å². The van der Waals surface area contributed by atoms with Crippen molar-refractivity contribution in [2.24, 2.45) is 4.99 Å². The molecule has 10 heteroatoms. The first-order chi connectivity index (χ1) is 15.2. The van der Waals surface area contributed by atoms with Crippen molar-refractivity contribution in [2.75, 3.05) is 13.1 Å². The second-order valence-corrected chi connectivity index (χ2v) is 10.5. The third-order valence-electron chi connectivity index (χ3n) is 4.61. The third kappa shape index (κ3) is 4.89. The highest BCUT2D eigenvalue weighted by atomic mass is 35.5. The lowest BCUT2D eigenvalue weighted by Gasteiger charge is -2.19. The van der Waals surface area contributed by atoms with E-state index < -0.39 is 15.9 Å². The molecule has 1 amide bonds. The summed E-state index contributed by atoms with van der Waals surface area (Å²) < 4.78 is 29.6. The van der Waals surface area contributed by atoms with Gasteiger partial charge in [-0.25, -0.2) is 8.42 Å². The van der Waals surface area contributed by atoms with Gasteiger partial charge in [-0.3, -0.25) is 4.79 Å². The highest BCUT2D eigenvalue weighted by Gasteiger charge is 2.22. The average Bonchev–Trinajstić information content (AvgIpc) is 3.10. The van der Waals surface area contributed by atoms with E-state index in [4.69, 9.17) is 23.2 Å². The SMILES string of the molecule is C=CCN(CC=C)S(=O)(=O)c1ccc(C(=O)N=c2sc3cc(Cl)cc(Cl)c3n2CC)cc1. The highest BCUT2D eigenvalue weighted by Crippen LogP contribution is 2.29. The quantitative estimate of drug-likeness (QED) is 0.395. The smallest absolute Gasteiger partial charge is 0.279 e. The fraction of sp³-hybridized carbons (Fsp3) is 0.182. The normalized spacial score (nSPS) is 12.4. The van der Waals surface area contributed by atoms with Crippen LogP contribution in [0, 0.1) is 0 Å². The lowest BCUT2D eigenvalue weighted by atomic mass is 10.2. The molecule has 1 aromatic heterocycles. The minimum Gasteiger partial charge on any atom is -0.315 e. The van der Waals surface area contributed by atoms with Crippen molar-refractivity contribution in [2.45, 2.75) is 18.4 Å². The Bertz CT molecular complexity index is 1350. The fourth-order valence-electron chi connectivity index (χ4n) is 3.14. The van der Waals surface area contributed by atoms with E-state index in [0.29, 0.717) is 21.4 Å². The van der Waals surface area contributed by atoms with E-state index in [1.54, 1.807) is 12.1 Å². The molecule has 0 N–H and O–H groups in total. The molecule has 168 valence electrons. The first kappa shape index (κ1) is 24.4. The predicted octanol–water partition coefficient (Wildman–Crippen LogP) is 5.13. The zero-order chi connectivity index (χ0) is 23.5. The van der Waals surface area contributed by atoms with Gasteiger partial charge in [0.15, 0.2) is 4.80 Å². The molecule has 0 saturated heterocycles. The zero-order valence-corrected chi connectivity index (χ0v) is 20.4. The number of sulfonamides is 1. The van der Waals surface area contributed by atoms with Crippen molar-refractivity contribution >= 4 is 60.7 Å². The number of halogens is 2. The van der Waals surface area contributed by atoms with Crippen LogP contribution in [0.4, 0.5) is 0 Å². The molecule has 0 saturated carbocycles. The highest BCUT2D eigenvalue weighted by molar-refractivity contribution is 7.89. The van der Waals surface area contributed by atoms with Gasteiger partial charge in [-0.1, -0.05) is 46.7 Å². The maximum Gasteiger partial charge on any atom is 0.279 e. The van der Waals surface area contributed by atoms with Gasteiger partial charge >= 0.3 is 0 Å². The number of thiazole rings is 1. The molecule has 0 bridgehead atoms. The van der Waals surface area contributed by atoms with E-state index in [1.165, 1.54) is 52.1 Å². The third-order valence-corrected chi connectivity index (χ3v) is 7.99. The van der Waals surface area contributed by atoms with E-state index in [9.17, 15) is 13.2 Å². The summed E-state index contributed by atoms with van der Waals surface area (Å²) in [5.41, 5.74) is 1.04. The zero-order valence-electron chi connectivity index (χ0n) is 17.3.